The second-order valence-electron chi connectivity index (χ2n) is 11.2. The Morgan fingerprint density at radius 1 is 0.950 bits per heavy atom. The number of para-hydroxylation sites is 2. The van der Waals surface area contributed by atoms with E-state index in [1.54, 1.807) is 0 Å². The predicted octanol–water partition coefficient (Wildman–Crippen LogP) is 5.12. The maximum absolute atomic E-state index is 14.1. The van der Waals surface area contributed by atoms with Crippen LogP contribution in [0.25, 0.3) is 21.8 Å². The standard InChI is InChI=1S/C34H35N5O/c40-34(32-20-29-28-11-5-7-13-31(28)38-33(29)22-37-32)39-17-15-25(19-26(39)18-23-8-2-1-3-9-23)36-21-24-14-16-35-30-12-6-4-10-27(24)30/h1-14,16,25-26,32,36-38H,15,17-22H2/t25-,26+,32-/m0/s1. The number of nitrogens with zero attached hydrogens (tertiary/aromatic N) is 2. The number of piperidine rings is 1. The molecular weight excluding hydrogens is 494 g/mol. The molecule has 2 aliphatic rings. The molecular formula is C34H35N5O. The van der Waals surface area contributed by atoms with Crippen LogP contribution in [0, 0.1) is 0 Å². The zero-order valence-electron chi connectivity index (χ0n) is 22.6. The van der Waals surface area contributed by atoms with Crippen molar-refractivity contribution in [2.24, 2.45) is 0 Å². The van der Waals surface area contributed by atoms with Crippen molar-refractivity contribution < 1.29 is 4.79 Å². The van der Waals surface area contributed by atoms with Gasteiger partial charge in [0, 0.05) is 59.9 Å². The second-order valence-corrected chi connectivity index (χ2v) is 11.2. The van der Waals surface area contributed by atoms with Gasteiger partial charge in [0.25, 0.3) is 0 Å². The fraction of sp³-hybridized carbons (Fsp3) is 0.294. The van der Waals surface area contributed by atoms with E-state index in [1.807, 2.05) is 12.3 Å². The van der Waals surface area contributed by atoms with Crippen LogP contribution in [-0.2, 0) is 30.7 Å². The molecule has 5 aromatic rings. The van der Waals surface area contributed by atoms with Gasteiger partial charge in [-0.05, 0) is 60.6 Å². The summed E-state index contributed by atoms with van der Waals surface area (Å²) in [5.74, 6) is 0.232. The minimum Gasteiger partial charge on any atom is -0.357 e. The molecule has 3 N–H and O–H groups in total. The molecule has 3 aromatic carbocycles. The van der Waals surface area contributed by atoms with Gasteiger partial charge in [-0.3, -0.25) is 15.1 Å². The number of amides is 1. The highest BCUT2D eigenvalue weighted by atomic mass is 16.2. The first-order valence-corrected chi connectivity index (χ1v) is 14.4. The van der Waals surface area contributed by atoms with E-state index in [-0.39, 0.29) is 18.0 Å². The number of carbonyl (C=O) groups is 1. The summed E-state index contributed by atoms with van der Waals surface area (Å²) in [6, 6.07) is 29.8. The molecule has 0 unspecified atom stereocenters. The van der Waals surface area contributed by atoms with Gasteiger partial charge in [0.15, 0.2) is 0 Å². The molecule has 6 heteroatoms. The Bertz CT molecular complexity index is 1640. The van der Waals surface area contributed by atoms with Gasteiger partial charge < -0.3 is 15.2 Å². The van der Waals surface area contributed by atoms with Gasteiger partial charge in [0.1, 0.15) is 0 Å². The number of pyridine rings is 1. The van der Waals surface area contributed by atoms with Crippen LogP contribution in [0.4, 0.5) is 0 Å². The lowest BCUT2D eigenvalue weighted by Gasteiger charge is -2.42. The number of aromatic amines is 1. The number of benzene rings is 3. The van der Waals surface area contributed by atoms with Crippen molar-refractivity contribution in [3.8, 4) is 0 Å². The lowest BCUT2D eigenvalue weighted by atomic mass is 9.90. The highest BCUT2D eigenvalue weighted by Crippen LogP contribution is 2.29. The fourth-order valence-corrected chi connectivity index (χ4v) is 6.69. The summed E-state index contributed by atoms with van der Waals surface area (Å²) < 4.78 is 0. The molecule has 1 amide bonds. The topological polar surface area (TPSA) is 73.1 Å². The summed E-state index contributed by atoms with van der Waals surface area (Å²) in [4.78, 5) is 24.3. The van der Waals surface area contributed by atoms with Gasteiger partial charge in [-0.2, -0.15) is 0 Å². The molecule has 1 fully saturated rings. The third-order valence-corrected chi connectivity index (χ3v) is 8.77. The van der Waals surface area contributed by atoms with Crippen molar-refractivity contribution >= 4 is 27.7 Å². The molecule has 2 aromatic heterocycles. The first-order chi connectivity index (χ1) is 19.7. The van der Waals surface area contributed by atoms with Crippen molar-refractivity contribution in [1.82, 2.24) is 25.5 Å². The third-order valence-electron chi connectivity index (χ3n) is 8.77. The molecule has 0 spiro atoms. The zero-order valence-corrected chi connectivity index (χ0v) is 22.6. The highest BCUT2D eigenvalue weighted by molar-refractivity contribution is 5.88. The average molecular weight is 530 g/mol. The summed E-state index contributed by atoms with van der Waals surface area (Å²) >= 11 is 0. The summed E-state index contributed by atoms with van der Waals surface area (Å²) in [7, 11) is 0. The molecule has 4 heterocycles. The van der Waals surface area contributed by atoms with Gasteiger partial charge in [-0.1, -0.05) is 66.7 Å². The van der Waals surface area contributed by atoms with Gasteiger partial charge in [-0.15, -0.1) is 0 Å². The lowest BCUT2D eigenvalue weighted by molar-refractivity contribution is -0.137. The number of hydrogen-bond donors (Lipinski definition) is 3. The molecule has 1 saturated heterocycles. The summed E-state index contributed by atoms with van der Waals surface area (Å²) in [5, 5.41) is 9.82. The minimum atomic E-state index is -0.197. The van der Waals surface area contributed by atoms with Gasteiger partial charge in [0.05, 0.1) is 11.6 Å². The Balaban J connectivity index is 1.09. The van der Waals surface area contributed by atoms with E-state index in [1.165, 1.54) is 33.2 Å². The number of likely N-dealkylation sites (tertiary alicyclic amines) is 1. The lowest BCUT2D eigenvalue weighted by Crippen LogP contribution is -2.57. The molecule has 0 radical (unpaired) electrons. The number of nitrogens with one attached hydrogen (secondary N) is 3. The SMILES string of the molecule is O=C([C@@H]1Cc2c([nH]c3ccccc23)CN1)N1CC[C@H](NCc2ccnc3ccccc23)C[C@H]1Cc1ccccc1. The molecule has 7 rings (SSSR count). The van der Waals surface area contributed by atoms with Crippen LogP contribution in [0.3, 0.4) is 0 Å². The Labute approximate surface area is 234 Å². The quantitative estimate of drug-likeness (QED) is 0.285. The largest absolute Gasteiger partial charge is 0.357 e. The Kier molecular flexibility index (Phi) is 6.80. The smallest absolute Gasteiger partial charge is 0.240 e. The number of fused-ring (bicyclic) bond motifs is 4. The van der Waals surface area contributed by atoms with Crippen LogP contribution >= 0.6 is 0 Å². The summed E-state index contributed by atoms with van der Waals surface area (Å²) in [6.45, 7) is 2.26. The molecule has 202 valence electrons. The van der Waals surface area contributed by atoms with Gasteiger partial charge in [-0.25, -0.2) is 0 Å². The summed E-state index contributed by atoms with van der Waals surface area (Å²) in [6.07, 6.45) is 5.38. The first kappa shape index (κ1) is 25.0. The zero-order chi connectivity index (χ0) is 26.9. The molecule has 2 aliphatic heterocycles. The van der Waals surface area contributed by atoms with E-state index < -0.39 is 0 Å². The number of rotatable bonds is 6. The van der Waals surface area contributed by atoms with E-state index >= 15 is 0 Å². The maximum atomic E-state index is 14.1. The van der Waals surface area contributed by atoms with Crippen LogP contribution in [-0.4, -0.2) is 45.4 Å². The van der Waals surface area contributed by atoms with E-state index in [4.69, 9.17) is 0 Å². The Hall–Kier alpha value is -4.00. The normalized spacial score (nSPS) is 21.0. The summed E-state index contributed by atoms with van der Waals surface area (Å²) in [5.41, 5.74) is 7.22. The Morgan fingerprint density at radius 2 is 1.75 bits per heavy atom. The molecule has 0 saturated carbocycles. The third kappa shape index (κ3) is 4.89. The number of carbonyl (C=O) groups excluding carboxylic acids is 1. The van der Waals surface area contributed by atoms with Gasteiger partial charge in [0.2, 0.25) is 5.91 Å². The second kappa shape index (κ2) is 10.9. The van der Waals surface area contributed by atoms with E-state index in [0.717, 1.165) is 49.8 Å². The number of H-pyrrole nitrogens is 1. The fourth-order valence-electron chi connectivity index (χ4n) is 6.69. The molecule has 40 heavy (non-hydrogen) atoms. The van der Waals surface area contributed by atoms with E-state index in [0.29, 0.717) is 12.6 Å². The van der Waals surface area contributed by atoms with Crippen molar-refractivity contribution in [3.63, 3.8) is 0 Å². The number of aromatic nitrogens is 2. The molecule has 3 atom stereocenters. The van der Waals surface area contributed by atoms with Gasteiger partial charge >= 0.3 is 0 Å². The van der Waals surface area contributed by atoms with Crippen molar-refractivity contribution in [1.29, 1.82) is 0 Å². The van der Waals surface area contributed by atoms with E-state index in [2.05, 4.69) is 104 Å². The average Bonchev–Trinajstić information content (AvgIpc) is 3.38. The van der Waals surface area contributed by atoms with Crippen LogP contribution in [0.5, 0.6) is 0 Å². The van der Waals surface area contributed by atoms with E-state index in [9.17, 15) is 4.79 Å². The molecule has 0 bridgehead atoms. The minimum absolute atomic E-state index is 0.154. The van der Waals surface area contributed by atoms with Crippen LogP contribution in [0.1, 0.15) is 35.2 Å². The predicted molar refractivity (Wildman–Crippen MR) is 160 cm³/mol. The highest BCUT2D eigenvalue weighted by Gasteiger charge is 2.36. The van der Waals surface area contributed by atoms with Crippen LogP contribution in [0.2, 0.25) is 0 Å². The molecule has 0 aliphatic carbocycles. The molecule has 6 nitrogen and oxygen atoms in total. The van der Waals surface area contributed by atoms with Crippen LogP contribution in [0.15, 0.2) is 91.1 Å². The first-order valence-electron chi connectivity index (χ1n) is 14.4. The van der Waals surface area contributed by atoms with Crippen molar-refractivity contribution in [2.45, 2.75) is 56.9 Å². The van der Waals surface area contributed by atoms with Crippen LogP contribution < -0.4 is 10.6 Å². The van der Waals surface area contributed by atoms with Crippen molar-refractivity contribution in [3.05, 3.63) is 114 Å². The Morgan fingerprint density at radius 3 is 2.65 bits per heavy atom. The number of hydrogen-bond acceptors (Lipinski definition) is 4. The monoisotopic (exact) mass is 529 g/mol. The van der Waals surface area contributed by atoms with Crippen molar-refractivity contribution in [2.75, 3.05) is 6.54 Å². The maximum Gasteiger partial charge on any atom is 0.240 e.